The number of thiophene rings is 1. The van der Waals surface area contributed by atoms with Crippen LogP contribution in [0.15, 0.2) is 52.5 Å². The van der Waals surface area contributed by atoms with Gasteiger partial charge in [0.25, 0.3) is 0 Å². The van der Waals surface area contributed by atoms with E-state index < -0.39 is 0 Å². The van der Waals surface area contributed by atoms with Crippen molar-refractivity contribution in [1.82, 2.24) is 4.98 Å². The van der Waals surface area contributed by atoms with Crippen LogP contribution in [0.5, 0.6) is 0 Å². The Kier molecular flexibility index (Phi) is 4.42. The smallest absolute Gasteiger partial charge is 0.161 e. The summed E-state index contributed by atoms with van der Waals surface area (Å²) < 4.78 is 5.43. The molecule has 3 rings (SSSR count). The standard InChI is InChI=1S/C16H12ClN3OS/c17-14-5-6-16(19-15(14)9-18)20(10-12-3-1-7-21-12)11-13-4-2-8-22-13/h1-8H,10-11H2. The van der Waals surface area contributed by atoms with Crippen LogP contribution in [0, 0.1) is 11.3 Å². The molecular weight excluding hydrogens is 318 g/mol. The number of aromatic nitrogens is 1. The first-order valence-electron chi connectivity index (χ1n) is 6.62. The average molecular weight is 330 g/mol. The topological polar surface area (TPSA) is 53.1 Å². The van der Waals surface area contributed by atoms with Gasteiger partial charge in [-0.3, -0.25) is 0 Å². The lowest BCUT2D eigenvalue weighted by atomic mass is 10.3. The Morgan fingerprint density at radius 1 is 1.23 bits per heavy atom. The second-order valence-electron chi connectivity index (χ2n) is 4.63. The summed E-state index contributed by atoms with van der Waals surface area (Å²) in [4.78, 5) is 7.62. The predicted molar refractivity (Wildman–Crippen MR) is 86.9 cm³/mol. The number of pyridine rings is 1. The fourth-order valence-corrected chi connectivity index (χ4v) is 2.95. The predicted octanol–water partition coefficient (Wildman–Crippen LogP) is 4.47. The largest absolute Gasteiger partial charge is 0.467 e. The van der Waals surface area contributed by atoms with E-state index in [1.54, 1.807) is 23.7 Å². The highest BCUT2D eigenvalue weighted by molar-refractivity contribution is 7.09. The summed E-state index contributed by atoms with van der Waals surface area (Å²) in [6.07, 6.45) is 1.65. The van der Waals surface area contributed by atoms with Crippen molar-refractivity contribution >= 4 is 28.8 Å². The molecule has 0 amide bonds. The summed E-state index contributed by atoms with van der Waals surface area (Å²) >= 11 is 7.65. The highest BCUT2D eigenvalue weighted by Crippen LogP contribution is 2.23. The summed E-state index contributed by atoms with van der Waals surface area (Å²) in [5, 5.41) is 11.5. The van der Waals surface area contributed by atoms with Gasteiger partial charge >= 0.3 is 0 Å². The zero-order valence-corrected chi connectivity index (χ0v) is 13.1. The molecule has 0 saturated heterocycles. The molecule has 3 aromatic rings. The quantitative estimate of drug-likeness (QED) is 0.693. The molecule has 3 aromatic heterocycles. The van der Waals surface area contributed by atoms with Gasteiger partial charge < -0.3 is 9.32 Å². The minimum absolute atomic E-state index is 0.231. The molecule has 0 aliphatic rings. The molecule has 0 N–H and O–H groups in total. The summed E-state index contributed by atoms with van der Waals surface area (Å²) in [6.45, 7) is 1.27. The van der Waals surface area contributed by atoms with Crippen molar-refractivity contribution in [3.63, 3.8) is 0 Å². The zero-order chi connectivity index (χ0) is 15.4. The fourth-order valence-electron chi connectivity index (χ4n) is 2.09. The normalized spacial score (nSPS) is 10.4. The molecule has 0 bridgehead atoms. The molecule has 0 radical (unpaired) electrons. The molecule has 22 heavy (non-hydrogen) atoms. The Bertz CT molecular complexity index is 742. The van der Waals surface area contributed by atoms with E-state index in [0.29, 0.717) is 23.9 Å². The Balaban J connectivity index is 1.91. The third-order valence-electron chi connectivity index (χ3n) is 3.11. The molecule has 110 valence electrons. The van der Waals surface area contributed by atoms with Gasteiger partial charge in [0.2, 0.25) is 0 Å². The van der Waals surface area contributed by atoms with Crippen LogP contribution in [0.3, 0.4) is 0 Å². The van der Waals surface area contributed by atoms with E-state index in [9.17, 15) is 0 Å². The Morgan fingerprint density at radius 3 is 2.82 bits per heavy atom. The third kappa shape index (κ3) is 3.30. The van der Waals surface area contributed by atoms with Crippen molar-refractivity contribution in [3.8, 4) is 6.07 Å². The van der Waals surface area contributed by atoms with Crippen LogP contribution in [0.1, 0.15) is 16.3 Å². The lowest BCUT2D eigenvalue weighted by Crippen LogP contribution is -2.22. The van der Waals surface area contributed by atoms with Crippen LogP contribution in [-0.2, 0) is 13.1 Å². The second-order valence-corrected chi connectivity index (χ2v) is 6.07. The summed E-state index contributed by atoms with van der Waals surface area (Å²) in [5.41, 5.74) is 0.231. The maximum atomic E-state index is 9.11. The molecule has 0 aliphatic heterocycles. The summed E-state index contributed by atoms with van der Waals surface area (Å²) in [5.74, 6) is 1.54. The minimum Gasteiger partial charge on any atom is -0.467 e. The molecule has 0 saturated carbocycles. The SMILES string of the molecule is N#Cc1nc(N(Cc2ccco2)Cc2cccs2)ccc1Cl. The number of hydrogen-bond acceptors (Lipinski definition) is 5. The Morgan fingerprint density at radius 2 is 2.14 bits per heavy atom. The van der Waals surface area contributed by atoms with E-state index in [4.69, 9.17) is 21.3 Å². The Labute approximate surface area is 137 Å². The molecule has 3 heterocycles. The zero-order valence-electron chi connectivity index (χ0n) is 11.6. The maximum Gasteiger partial charge on any atom is 0.161 e. The molecule has 0 aromatic carbocycles. The number of furan rings is 1. The van der Waals surface area contributed by atoms with Gasteiger partial charge in [0.1, 0.15) is 17.6 Å². The van der Waals surface area contributed by atoms with Gasteiger partial charge in [0, 0.05) is 4.88 Å². The Hall–Kier alpha value is -2.29. The molecule has 0 spiro atoms. The molecule has 0 aliphatic carbocycles. The molecular formula is C16H12ClN3OS. The van der Waals surface area contributed by atoms with E-state index >= 15 is 0 Å². The molecule has 4 nitrogen and oxygen atoms in total. The lowest BCUT2D eigenvalue weighted by Gasteiger charge is -2.22. The van der Waals surface area contributed by atoms with Gasteiger partial charge in [-0.25, -0.2) is 4.98 Å². The van der Waals surface area contributed by atoms with Crippen LogP contribution >= 0.6 is 22.9 Å². The van der Waals surface area contributed by atoms with Gasteiger partial charge in [0.05, 0.1) is 24.4 Å². The number of hydrogen-bond donors (Lipinski definition) is 0. The van der Waals surface area contributed by atoms with E-state index in [2.05, 4.69) is 16.0 Å². The second kappa shape index (κ2) is 6.65. The molecule has 0 unspecified atom stereocenters. The van der Waals surface area contributed by atoms with Crippen molar-refractivity contribution < 1.29 is 4.42 Å². The summed E-state index contributed by atoms with van der Waals surface area (Å²) in [6, 6.07) is 13.4. The lowest BCUT2D eigenvalue weighted by molar-refractivity contribution is 0.501. The van der Waals surface area contributed by atoms with Gasteiger partial charge in [0.15, 0.2) is 5.69 Å². The van der Waals surface area contributed by atoms with Gasteiger partial charge in [-0.15, -0.1) is 11.3 Å². The fraction of sp³-hybridized carbons (Fsp3) is 0.125. The first-order chi connectivity index (χ1) is 10.8. The van der Waals surface area contributed by atoms with Crippen LogP contribution in [0.4, 0.5) is 5.82 Å². The number of anilines is 1. The average Bonchev–Trinajstić information content (AvgIpc) is 3.21. The number of rotatable bonds is 5. The monoisotopic (exact) mass is 329 g/mol. The third-order valence-corrected chi connectivity index (χ3v) is 4.28. The number of nitrogens with zero attached hydrogens (tertiary/aromatic N) is 3. The van der Waals surface area contributed by atoms with Crippen molar-refractivity contribution in [2.45, 2.75) is 13.1 Å². The maximum absolute atomic E-state index is 9.11. The van der Waals surface area contributed by atoms with E-state index in [0.717, 1.165) is 5.76 Å². The highest BCUT2D eigenvalue weighted by atomic mass is 35.5. The number of nitriles is 1. The van der Waals surface area contributed by atoms with Crippen LogP contribution in [-0.4, -0.2) is 4.98 Å². The van der Waals surface area contributed by atoms with Crippen LogP contribution in [0.25, 0.3) is 0 Å². The first-order valence-corrected chi connectivity index (χ1v) is 7.88. The van der Waals surface area contributed by atoms with Crippen molar-refractivity contribution in [1.29, 1.82) is 5.26 Å². The summed E-state index contributed by atoms with van der Waals surface area (Å²) in [7, 11) is 0. The van der Waals surface area contributed by atoms with Crippen LogP contribution < -0.4 is 4.90 Å². The van der Waals surface area contributed by atoms with Crippen molar-refractivity contribution in [2.24, 2.45) is 0 Å². The molecule has 0 fully saturated rings. The first kappa shape index (κ1) is 14.6. The van der Waals surface area contributed by atoms with E-state index in [1.807, 2.05) is 35.7 Å². The van der Waals surface area contributed by atoms with Gasteiger partial charge in [-0.1, -0.05) is 17.7 Å². The van der Waals surface area contributed by atoms with Crippen LogP contribution in [0.2, 0.25) is 5.02 Å². The van der Waals surface area contributed by atoms with Gasteiger partial charge in [-0.2, -0.15) is 5.26 Å². The van der Waals surface area contributed by atoms with E-state index in [-0.39, 0.29) is 5.69 Å². The van der Waals surface area contributed by atoms with Crippen molar-refractivity contribution in [3.05, 3.63) is 69.4 Å². The van der Waals surface area contributed by atoms with E-state index in [1.165, 1.54) is 4.88 Å². The van der Waals surface area contributed by atoms with Gasteiger partial charge in [-0.05, 0) is 35.7 Å². The van der Waals surface area contributed by atoms with Crippen molar-refractivity contribution in [2.75, 3.05) is 4.90 Å². The molecule has 0 atom stereocenters. The highest BCUT2D eigenvalue weighted by Gasteiger charge is 2.14. The number of halogens is 1. The molecule has 6 heteroatoms. The minimum atomic E-state index is 0.231.